The molecule has 7 heteroatoms. The zero-order valence-corrected chi connectivity index (χ0v) is 14.2. The van der Waals surface area contributed by atoms with Crippen molar-refractivity contribution in [1.29, 1.82) is 0 Å². The maximum absolute atomic E-state index is 12.2. The molecule has 5 nitrogen and oxygen atoms in total. The lowest BCUT2D eigenvalue weighted by molar-refractivity contribution is 0.579. The van der Waals surface area contributed by atoms with Crippen molar-refractivity contribution in [3.8, 4) is 0 Å². The van der Waals surface area contributed by atoms with E-state index in [0.29, 0.717) is 13.0 Å². The molecule has 0 amide bonds. The van der Waals surface area contributed by atoms with E-state index >= 15 is 0 Å². The van der Waals surface area contributed by atoms with Gasteiger partial charge in [0.05, 0.1) is 9.79 Å². The van der Waals surface area contributed by atoms with Crippen LogP contribution in [0.5, 0.6) is 0 Å². The van der Waals surface area contributed by atoms with Gasteiger partial charge in [-0.1, -0.05) is 17.7 Å². The van der Waals surface area contributed by atoms with Crippen LogP contribution in [0.4, 0.5) is 0 Å². The van der Waals surface area contributed by atoms with Gasteiger partial charge in [-0.3, -0.25) is 0 Å². The van der Waals surface area contributed by atoms with E-state index in [2.05, 4.69) is 10.8 Å². The Balaban J connectivity index is 2.05. The molecule has 0 saturated heterocycles. The molecule has 0 unspecified atom stereocenters. The van der Waals surface area contributed by atoms with Crippen LogP contribution < -0.4 is 4.72 Å². The molecule has 0 saturated carbocycles. The van der Waals surface area contributed by atoms with E-state index in [1.165, 1.54) is 36.3 Å². The topological polar surface area (TPSA) is 80.3 Å². The minimum absolute atomic E-state index is 0.00497. The summed E-state index contributed by atoms with van der Waals surface area (Å²) in [4.78, 5) is -0.0154. The molecule has 0 aliphatic heterocycles. The minimum atomic E-state index is -3.69. The molecular formula is C15H21NO4S2. The van der Waals surface area contributed by atoms with Crippen LogP contribution in [0.15, 0.2) is 45.7 Å². The van der Waals surface area contributed by atoms with E-state index < -0.39 is 19.9 Å². The van der Waals surface area contributed by atoms with Crippen molar-refractivity contribution in [1.82, 2.24) is 4.72 Å². The number of sulfone groups is 1. The summed E-state index contributed by atoms with van der Waals surface area (Å²) in [6.45, 7) is 0.331. The predicted molar refractivity (Wildman–Crippen MR) is 85.9 cm³/mol. The lowest BCUT2D eigenvalue weighted by Gasteiger charge is -2.13. The highest BCUT2D eigenvalue weighted by molar-refractivity contribution is 7.91. The minimum Gasteiger partial charge on any atom is -0.224 e. The van der Waals surface area contributed by atoms with Crippen LogP contribution in [0.1, 0.15) is 32.1 Å². The molecule has 0 atom stereocenters. The van der Waals surface area contributed by atoms with Crippen molar-refractivity contribution in [2.75, 3.05) is 12.8 Å². The van der Waals surface area contributed by atoms with Gasteiger partial charge < -0.3 is 0 Å². The molecule has 1 N–H and O–H groups in total. The van der Waals surface area contributed by atoms with Crippen molar-refractivity contribution in [2.24, 2.45) is 0 Å². The third-order valence-corrected chi connectivity index (χ3v) is 6.24. The Kier molecular flexibility index (Phi) is 5.41. The standard InChI is InChI=1S/C15H21NO4S2/c1-21(17,18)14-8-5-9-15(12-14)22(19,20)16-11-10-13-6-3-2-4-7-13/h5-6,8-9,12,16H,2-4,7,10-11H2,1H3. The molecule has 0 aromatic heterocycles. The highest BCUT2D eigenvalue weighted by atomic mass is 32.2. The molecule has 122 valence electrons. The molecule has 0 heterocycles. The van der Waals surface area contributed by atoms with Crippen LogP contribution in [0.2, 0.25) is 0 Å². The largest absolute Gasteiger partial charge is 0.240 e. The first-order valence-electron chi connectivity index (χ1n) is 7.27. The maximum atomic E-state index is 12.2. The Labute approximate surface area is 132 Å². The normalized spacial score (nSPS) is 16.3. The number of rotatable bonds is 6. The SMILES string of the molecule is CS(=O)(=O)c1cccc(S(=O)(=O)NCCC2=CCCCC2)c1. The molecule has 1 aromatic carbocycles. The van der Waals surface area contributed by atoms with Gasteiger partial charge in [-0.2, -0.15) is 0 Å². The smallest absolute Gasteiger partial charge is 0.224 e. The first kappa shape index (κ1) is 17.2. The molecule has 1 aromatic rings. The fourth-order valence-electron chi connectivity index (χ4n) is 2.43. The predicted octanol–water partition coefficient (Wildman–Crippen LogP) is 2.26. The first-order valence-corrected chi connectivity index (χ1v) is 10.6. The van der Waals surface area contributed by atoms with E-state index in [1.807, 2.05) is 0 Å². The monoisotopic (exact) mass is 343 g/mol. The fraction of sp³-hybridized carbons (Fsp3) is 0.467. The number of hydrogen-bond acceptors (Lipinski definition) is 4. The van der Waals surface area contributed by atoms with Crippen LogP contribution in [-0.4, -0.2) is 29.6 Å². The molecule has 0 fully saturated rings. The zero-order chi connectivity index (χ0) is 16.2. The Hall–Kier alpha value is -1.18. The van der Waals surface area contributed by atoms with Gasteiger partial charge in [0.1, 0.15) is 0 Å². The second-order valence-corrected chi connectivity index (χ2v) is 9.29. The van der Waals surface area contributed by atoms with Crippen LogP contribution in [-0.2, 0) is 19.9 Å². The van der Waals surface area contributed by atoms with Gasteiger partial charge in [-0.15, -0.1) is 0 Å². The quantitative estimate of drug-likeness (QED) is 0.804. The van der Waals surface area contributed by atoms with Gasteiger partial charge in [0.25, 0.3) is 0 Å². The van der Waals surface area contributed by atoms with Crippen LogP contribution in [0, 0.1) is 0 Å². The van der Waals surface area contributed by atoms with Gasteiger partial charge in [0.2, 0.25) is 10.0 Å². The fourth-order valence-corrected chi connectivity index (χ4v) is 4.25. The van der Waals surface area contributed by atoms with Crippen molar-refractivity contribution in [3.05, 3.63) is 35.9 Å². The van der Waals surface area contributed by atoms with Crippen LogP contribution >= 0.6 is 0 Å². The van der Waals surface area contributed by atoms with Crippen molar-refractivity contribution in [3.63, 3.8) is 0 Å². The Morgan fingerprint density at radius 3 is 2.45 bits per heavy atom. The number of nitrogens with one attached hydrogen (secondary N) is 1. The second kappa shape index (κ2) is 6.93. The average molecular weight is 343 g/mol. The summed E-state index contributed by atoms with van der Waals surface area (Å²) in [7, 11) is -7.11. The molecule has 1 aliphatic carbocycles. The summed E-state index contributed by atoms with van der Waals surface area (Å²) in [6.07, 6.45) is 8.40. The molecule has 1 aliphatic rings. The molecule has 0 radical (unpaired) electrons. The summed E-state index contributed by atoms with van der Waals surface area (Å²) >= 11 is 0. The second-order valence-electron chi connectivity index (χ2n) is 5.50. The van der Waals surface area contributed by atoms with E-state index in [0.717, 1.165) is 25.5 Å². The molecule has 0 bridgehead atoms. The molecule has 0 spiro atoms. The number of benzene rings is 1. The zero-order valence-electron chi connectivity index (χ0n) is 12.6. The van der Waals surface area contributed by atoms with Crippen molar-refractivity contribution in [2.45, 2.75) is 41.9 Å². The summed E-state index contributed by atoms with van der Waals surface area (Å²) in [5, 5.41) is 0. The number of sulfonamides is 1. The molecule has 2 rings (SSSR count). The van der Waals surface area contributed by atoms with Crippen molar-refractivity contribution >= 4 is 19.9 Å². The third-order valence-electron chi connectivity index (χ3n) is 3.67. The molecule has 22 heavy (non-hydrogen) atoms. The Morgan fingerprint density at radius 2 is 1.82 bits per heavy atom. The summed E-state index contributed by atoms with van der Waals surface area (Å²) in [6, 6.07) is 5.42. The highest BCUT2D eigenvalue weighted by Crippen LogP contribution is 2.20. The molecular weight excluding hydrogens is 322 g/mol. The third kappa shape index (κ3) is 4.66. The summed E-state index contributed by atoms with van der Waals surface area (Å²) in [5.41, 5.74) is 1.29. The lowest BCUT2D eigenvalue weighted by Crippen LogP contribution is -2.25. The summed E-state index contributed by atoms with van der Waals surface area (Å²) < 4.78 is 50.0. The van der Waals surface area contributed by atoms with Gasteiger partial charge in [-0.05, 0) is 50.3 Å². The van der Waals surface area contributed by atoms with Gasteiger partial charge in [-0.25, -0.2) is 21.6 Å². The maximum Gasteiger partial charge on any atom is 0.240 e. The Bertz CT molecular complexity index is 764. The van der Waals surface area contributed by atoms with E-state index in [1.54, 1.807) is 0 Å². The first-order chi connectivity index (χ1) is 10.3. The lowest BCUT2D eigenvalue weighted by atomic mass is 9.97. The number of allylic oxidation sites excluding steroid dienone is 1. The van der Waals surface area contributed by atoms with E-state index in [9.17, 15) is 16.8 Å². The van der Waals surface area contributed by atoms with Crippen molar-refractivity contribution < 1.29 is 16.8 Å². The van der Waals surface area contributed by atoms with Gasteiger partial charge in [0.15, 0.2) is 9.84 Å². The van der Waals surface area contributed by atoms with Crippen LogP contribution in [0.25, 0.3) is 0 Å². The van der Waals surface area contributed by atoms with Crippen LogP contribution in [0.3, 0.4) is 0 Å². The highest BCUT2D eigenvalue weighted by Gasteiger charge is 2.17. The van der Waals surface area contributed by atoms with Gasteiger partial charge >= 0.3 is 0 Å². The Morgan fingerprint density at radius 1 is 1.09 bits per heavy atom. The summed E-state index contributed by atoms with van der Waals surface area (Å²) in [5.74, 6) is 0. The van der Waals surface area contributed by atoms with E-state index in [-0.39, 0.29) is 9.79 Å². The van der Waals surface area contributed by atoms with E-state index in [4.69, 9.17) is 0 Å². The average Bonchev–Trinajstić information content (AvgIpc) is 2.47. The van der Waals surface area contributed by atoms with Gasteiger partial charge in [0, 0.05) is 12.8 Å². The number of hydrogen-bond donors (Lipinski definition) is 1.